The zero-order valence-electron chi connectivity index (χ0n) is 11.1. The molecule has 2 atom stereocenters. The molecule has 0 amide bonds. The summed E-state index contributed by atoms with van der Waals surface area (Å²) in [5.74, 6) is -0.939. The first kappa shape index (κ1) is 15.0. The van der Waals surface area contributed by atoms with Crippen LogP contribution in [0.5, 0.6) is 0 Å². The molecule has 0 N–H and O–H groups in total. The molecule has 1 aliphatic heterocycles. The van der Waals surface area contributed by atoms with Crippen LogP contribution in [0.1, 0.15) is 46.0 Å². The Bertz CT molecular complexity index is 277. The Kier molecular flexibility index (Phi) is 6.72. The molecule has 1 rings (SSSR count). The Labute approximate surface area is 108 Å². The van der Waals surface area contributed by atoms with Crippen LogP contribution in [0.4, 0.5) is 0 Å². The van der Waals surface area contributed by atoms with Gasteiger partial charge in [0.25, 0.3) is 0 Å². The van der Waals surface area contributed by atoms with Crippen molar-refractivity contribution >= 4 is 11.9 Å². The lowest BCUT2D eigenvalue weighted by molar-refractivity contribution is -0.147. The summed E-state index contributed by atoms with van der Waals surface area (Å²) in [7, 11) is 0. The molecule has 1 aliphatic rings. The van der Waals surface area contributed by atoms with Gasteiger partial charge < -0.3 is 14.2 Å². The number of ether oxygens (including phenoxy) is 3. The van der Waals surface area contributed by atoms with E-state index in [0.29, 0.717) is 6.61 Å². The summed E-state index contributed by atoms with van der Waals surface area (Å²) in [6.07, 6.45) is 3.99. The molecule has 0 aromatic rings. The van der Waals surface area contributed by atoms with E-state index in [1.165, 1.54) is 19.3 Å². The quantitative estimate of drug-likeness (QED) is 0.358. The smallest absolute Gasteiger partial charge is 0.338 e. The summed E-state index contributed by atoms with van der Waals surface area (Å²) < 4.78 is 14.7. The van der Waals surface area contributed by atoms with E-state index < -0.39 is 24.1 Å². The highest BCUT2D eigenvalue weighted by Crippen LogP contribution is 2.24. The number of carbonyl (C=O) groups excluding carboxylic acids is 2. The van der Waals surface area contributed by atoms with E-state index in [0.717, 1.165) is 12.8 Å². The fourth-order valence-corrected chi connectivity index (χ4v) is 1.66. The highest BCUT2D eigenvalue weighted by molar-refractivity contribution is 5.89. The molecule has 104 valence electrons. The minimum absolute atomic E-state index is 0.290. The fourth-order valence-electron chi connectivity index (χ4n) is 1.66. The Hall–Kier alpha value is -1.10. The molecule has 0 aromatic heterocycles. The molecule has 5 heteroatoms. The summed E-state index contributed by atoms with van der Waals surface area (Å²) >= 11 is 0. The molecule has 0 aromatic carbocycles. The van der Waals surface area contributed by atoms with E-state index in [2.05, 4.69) is 6.92 Å². The molecule has 5 nitrogen and oxygen atoms in total. The number of unbranched alkanes of at least 4 members (excludes halogenated alkanes) is 4. The lowest BCUT2D eigenvalue weighted by atomic mass is 10.2. The number of esters is 2. The summed E-state index contributed by atoms with van der Waals surface area (Å²) in [5, 5.41) is 0. The standard InChI is InChI=1S/C13H22O5/c1-3-5-6-7-8-9-17-13(15)11-10(18-11)12(14)16-4-2/h10-11H,3-9H2,1-2H3/t10-,11-/m0/s1. The maximum atomic E-state index is 11.5. The number of epoxide rings is 1. The van der Waals surface area contributed by atoms with Crippen molar-refractivity contribution in [1.82, 2.24) is 0 Å². The van der Waals surface area contributed by atoms with Crippen molar-refractivity contribution in [1.29, 1.82) is 0 Å². The predicted molar refractivity (Wildman–Crippen MR) is 65.0 cm³/mol. The van der Waals surface area contributed by atoms with Crippen molar-refractivity contribution in [3.63, 3.8) is 0 Å². The van der Waals surface area contributed by atoms with Crippen LogP contribution in [-0.4, -0.2) is 37.4 Å². The third kappa shape index (κ3) is 5.04. The van der Waals surface area contributed by atoms with Crippen LogP contribution in [0.2, 0.25) is 0 Å². The van der Waals surface area contributed by atoms with E-state index in [1.54, 1.807) is 6.92 Å². The maximum Gasteiger partial charge on any atom is 0.338 e. The number of hydrogen-bond acceptors (Lipinski definition) is 5. The second-order valence-corrected chi connectivity index (χ2v) is 4.31. The Morgan fingerprint density at radius 1 is 0.944 bits per heavy atom. The van der Waals surface area contributed by atoms with Gasteiger partial charge in [0.15, 0.2) is 12.2 Å². The second-order valence-electron chi connectivity index (χ2n) is 4.31. The summed E-state index contributed by atoms with van der Waals surface area (Å²) in [6.45, 7) is 4.56. The van der Waals surface area contributed by atoms with Gasteiger partial charge in [0.1, 0.15) is 0 Å². The van der Waals surface area contributed by atoms with Gasteiger partial charge >= 0.3 is 11.9 Å². The van der Waals surface area contributed by atoms with Gasteiger partial charge in [-0.25, -0.2) is 9.59 Å². The Morgan fingerprint density at radius 2 is 1.56 bits per heavy atom. The van der Waals surface area contributed by atoms with Crippen LogP contribution in [0.25, 0.3) is 0 Å². The van der Waals surface area contributed by atoms with Crippen molar-refractivity contribution in [2.24, 2.45) is 0 Å². The molecule has 0 bridgehead atoms. The molecular weight excluding hydrogens is 236 g/mol. The first-order valence-corrected chi connectivity index (χ1v) is 6.69. The molecule has 0 radical (unpaired) electrons. The molecular formula is C13H22O5. The van der Waals surface area contributed by atoms with Gasteiger partial charge in [-0.2, -0.15) is 0 Å². The maximum absolute atomic E-state index is 11.5. The SMILES string of the molecule is CCCCCCCOC(=O)[C@H]1O[C@@H]1C(=O)OCC. The van der Waals surface area contributed by atoms with E-state index in [4.69, 9.17) is 14.2 Å². The van der Waals surface area contributed by atoms with Gasteiger partial charge in [0, 0.05) is 0 Å². The molecule has 0 aliphatic carbocycles. The molecule has 1 heterocycles. The molecule has 18 heavy (non-hydrogen) atoms. The van der Waals surface area contributed by atoms with Gasteiger partial charge in [0.05, 0.1) is 13.2 Å². The predicted octanol–water partition coefficient (Wildman–Crippen LogP) is 1.83. The van der Waals surface area contributed by atoms with Crippen molar-refractivity contribution < 1.29 is 23.8 Å². The molecule has 1 saturated heterocycles. The Morgan fingerprint density at radius 3 is 2.17 bits per heavy atom. The van der Waals surface area contributed by atoms with Crippen LogP contribution in [0, 0.1) is 0 Å². The molecule has 0 spiro atoms. The van der Waals surface area contributed by atoms with Crippen LogP contribution < -0.4 is 0 Å². The average Bonchev–Trinajstić information content (AvgIpc) is 3.14. The highest BCUT2D eigenvalue weighted by atomic mass is 16.7. The second kappa shape index (κ2) is 8.08. The van der Waals surface area contributed by atoms with Gasteiger partial charge in [0.2, 0.25) is 0 Å². The monoisotopic (exact) mass is 258 g/mol. The first-order valence-electron chi connectivity index (χ1n) is 6.69. The number of rotatable bonds is 9. The fraction of sp³-hybridized carbons (Fsp3) is 0.846. The van der Waals surface area contributed by atoms with Crippen LogP contribution in [0.15, 0.2) is 0 Å². The van der Waals surface area contributed by atoms with Gasteiger partial charge in [-0.1, -0.05) is 32.6 Å². The first-order chi connectivity index (χ1) is 8.70. The van der Waals surface area contributed by atoms with Gasteiger partial charge in [-0.05, 0) is 13.3 Å². The normalized spacial score (nSPS) is 21.4. The third-order valence-corrected chi connectivity index (χ3v) is 2.74. The minimum atomic E-state index is -0.752. The van der Waals surface area contributed by atoms with Crippen molar-refractivity contribution in [2.45, 2.75) is 58.2 Å². The lowest BCUT2D eigenvalue weighted by Gasteiger charge is -2.02. The van der Waals surface area contributed by atoms with E-state index in [9.17, 15) is 9.59 Å². The van der Waals surface area contributed by atoms with Gasteiger partial charge in [-0.3, -0.25) is 0 Å². The summed E-state index contributed by atoms with van der Waals surface area (Å²) in [4.78, 5) is 22.7. The van der Waals surface area contributed by atoms with Crippen LogP contribution in [-0.2, 0) is 23.8 Å². The largest absolute Gasteiger partial charge is 0.464 e. The van der Waals surface area contributed by atoms with Crippen LogP contribution >= 0.6 is 0 Å². The Balaban J connectivity index is 2.03. The van der Waals surface area contributed by atoms with Gasteiger partial charge in [-0.15, -0.1) is 0 Å². The minimum Gasteiger partial charge on any atom is -0.464 e. The van der Waals surface area contributed by atoms with E-state index in [1.807, 2.05) is 0 Å². The zero-order chi connectivity index (χ0) is 13.4. The summed E-state index contributed by atoms with van der Waals surface area (Å²) in [6, 6.07) is 0. The third-order valence-electron chi connectivity index (χ3n) is 2.74. The number of hydrogen-bond donors (Lipinski definition) is 0. The zero-order valence-corrected chi connectivity index (χ0v) is 11.1. The average molecular weight is 258 g/mol. The topological polar surface area (TPSA) is 65.1 Å². The molecule has 1 fully saturated rings. The van der Waals surface area contributed by atoms with E-state index >= 15 is 0 Å². The van der Waals surface area contributed by atoms with Crippen LogP contribution in [0.3, 0.4) is 0 Å². The molecule has 0 saturated carbocycles. The van der Waals surface area contributed by atoms with Crippen molar-refractivity contribution in [3.8, 4) is 0 Å². The molecule has 0 unspecified atom stereocenters. The van der Waals surface area contributed by atoms with E-state index in [-0.39, 0.29) is 6.61 Å². The highest BCUT2D eigenvalue weighted by Gasteiger charge is 2.52. The van der Waals surface area contributed by atoms with Crippen molar-refractivity contribution in [2.75, 3.05) is 13.2 Å². The lowest BCUT2D eigenvalue weighted by Crippen LogP contribution is -2.20. The number of carbonyl (C=O) groups is 2. The van der Waals surface area contributed by atoms with Crippen molar-refractivity contribution in [3.05, 3.63) is 0 Å². The summed E-state index contributed by atoms with van der Waals surface area (Å²) in [5.41, 5.74) is 0.